The average Bonchev–Trinajstić information content (AvgIpc) is 3.19. The van der Waals surface area contributed by atoms with Crippen LogP contribution >= 0.6 is 12.4 Å². The molecule has 4 aromatic rings. The van der Waals surface area contributed by atoms with Crippen molar-refractivity contribution in [2.45, 2.75) is 27.3 Å². The number of benzene rings is 2. The molecule has 2 amide bonds. The molecule has 32 heavy (non-hydrogen) atoms. The summed E-state index contributed by atoms with van der Waals surface area (Å²) in [5.74, 6) is 1.97. The van der Waals surface area contributed by atoms with E-state index in [0.29, 0.717) is 18.9 Å². The number of nitrogens with one attached hydrogen (secondary N) is 3. The number of nitrogens with zero attached hydrogens (tertiary/aromatic N) is 4. The van der Waals surface area contributed by atoms with Gasteiger partial charge in [-0.3, -0.25) is 5.32 Å². The SMILES string of the molecule is CCNC(=O)Nc1cc2cccc(C)c2c(NCc2ccc(-n3cnc(C)n3)cc2)n1.Cl. The molecule has 166 valence electrons. The molecule has 8 nitrogen and oxygen atoms in total. The van der Waals surface area contributed by atoms with E-state index >= 15 is 0 Å². The first-order valence-electron chi connectivity index (χ1n) is 10.2. The number of hydrogen-bond acceptors (Lipinski definition) is 5. The van der Waals surface area contributed by atoms with E-state index in [4.69, 9.17) is 0 Å². The molecular weight excluding hydrogens is 426 g/mol. The summed E-state index contributed by atoms with van der Waals surface area (Å²) in [4.78, 5) is 20.8. The third kappa shape index (κ3) is 5.15. The minimum absolute atomic E-state index is 0. The third-order valence-electron chi connectivity index (χ3n) is 4.91. The Morgan fingerprint density at radius 1 is 1.09 bits per heavy atom. The molecule has 0 aliphatic rings. The van der Waals surface area contributed by atoms with Crippen molar-refractivity contribution in [3.63, 3.8) is 0 Å². The van der Waals surface area contributed by atoms with Crippen LogP contribution in [0.2, 0.25) is 0 Å². The molecule has 0 fully saturated rings. The molecule has 0 aliphatic carbocycles. The fourth-order valence-corrected chi connectivity index (χ4v) is 3.43. The van der Waals surface area contributed by atoms with Crippen LogP contribution in [0, 0.1) is 13.8 Å². The topological polar surface area (TPSA) is 96.8 Å². The van der Waals surface area contributed by atoms with Crippen LogP contribution in [0.25, 0.3) is 16.5 Å². The Morgan fingerprint density at radius 2 is 1.88 bits per heavy atom. The van der Waals surface area contributed by atoms with Crippen LogP contribution in [0.5, 0.6) is 0 Å². The molecule has 0 saturated carbocycles. The first kappa shape index (κ1) is 23.0. The number of hydrogen-bond donors (Lipinski definition) is 3. The van der Waals surface area contributed by atoms with Crippen molar-refractivity contribution in [2.24, 2.45) is 0 Å². The Bertz CT molecular complexity index is 1220. The first-order chi connectivity index (χ1) is 15.0. The van der Waals surface area contributed by atoms with Crippen molar-refractivity contribution in [1.82, 2.24) is 25.1 Å². The van der Waals surface area contributed by atoms with E-state index in [-0.39, 0.29) is 18.4 Å². The van der Waals surface area contributed by atoms with Gasteiger partial charge in [-0.2, -0.15) is 5.10 Å². The Morgan fingerprint density at radius 3 is 2.56 bits per heavy atom. The second-order valence-corrected chi connectivity index (χ2v) is 7.27. The maximum Gasteiger partial charge on any atom is 0.320 e. The van der Waals surface area contributed by atoms with E-state index in [1.54, 1.807) is 11.0 Å². The molecule has 0 atom stereocenters. The van der Waals surface area contributed by atoms with Gasteiger partial charge in [0.2, 0.25) is 0 Å². The number of urea groups is 1. The van der Waals surface area contributed by atoms with E-state index in [1.165, 1.54) is 0 Å². The van der Waals surface area contributed by atoms with Gasteiger partial charge in [-0.05, 0) is 55.5 Å². The summed E-state index contributed by atoms with van der Waals surface area (Å²) >= 11 is 0. The zero-order chi connectivity index (χ0) is 21.8. The van der Waals surface area contributed by atoms with Crippen molar-refractivity contribution in [1.29, 1.82) is 0 Å². The van der Waals surface area contributed by atoms with Gasteiger partial charge in [0.05, 0.1) is 5.69 Å². The molecule has 0 bridgehead atoms. The lowest BCUT2D eigenvalue weighted by Crippen LogP contribution is -2.28. The minimum Gasteiger partial charge on any atom is -0.365 e. The predicted molar refractivity (Wildman–Crippen MR) is 130 cm³/mol. The van der Waals surface area contributed by atoms with Gasteiger partial charge in [0.1, 0.15) is 23.8 Å². The Labute approximate surface area is 192 Å². The normalized spacial score (nSPS) is 10.5. The monoisotopic (exact) mass is 451 g/mol. The lowest BCUT2D eigenvalue weighted by Gasteiger charge is -2.14. The van der Waals surface area contributed by atoms with E-state index in [0.717, 1.165) is 39.2 Å². The summed E-state index contributed by atoms with van der Waals surface area (Å²) in [5.41, 5.74) is 3.18. The van der Waals surface area contributed by atoms with Gasteiger partial charge >= 0.3 is 6.03 Å². The summed E-state index contributed by atoms with van der Waals surface area (Å²) in [6.45, 7) is 6.94. The van der Waals surface area contributed by atoms with Crippen LogP contribution in [0.1, 0.15) is 23.9 Å². The van der Waals surface area contributed by atoms with Gasteiger partial charge < -0.3 is 10.6 Å². The zero-order valence-corrected chi connectivity index (χ0v) is 19.0. The summed E-state index contributed by atoms with van der Waals surface area (Å²) < 4.78 is 1.75. The molecule has 0 unspecified atom stereocenters. The maximum absolute atomic E-state index is 12.0. The molecule has 2 heterocycles. The lowest BCUT2D eigenvalue weighted by atomic mass is 10.1. The van der Waals surface area contributed by atoms with Crippen LogP contribution in [0.4, 0.5) is 16.4 Å². The Kier molecular flexibility index (Phi) is 7.27. The van der Waals surface area contributed by atoms with Gasteiger partial charge in [-0.15, -0.1) is 12.4 Å². The van der Waals surface area contributed by atoms with Crippen molar-refractivity contribution >= 4 is 40.8 Å². The summed E-state index contributed by atoms with van der Waals surface area (Å²) in [6, 6.07) is 15.8. The number of aromatic nitrogens is 4. The lowest BCUT2D eigenvalue weighted by molar-refractivity contribution is 0.252. The molecule has 2 aromatic carbocycles. The van der Waals surface area contributed by atoms with Crippen molar-refractivity contribution in [2.75, 3.05) is 17.2 Å². The molecular formula is C23H26ClN7O. The highest BCUT2D eigenvalue weighted by molar-refractivity contribution is 5.98. The fraction of sp³-hybridized carbons (Fsp3) is 0.217. The highest BCUT2D eigenvalue weighted by atomic mass is 35.5. The molecule has 9 heteroatoms. The van der Waals surface area contributed by atoms with Crippen molar-refractivity contribution in [3.8, 4) is 5.69 Å². The van der Waals surface area contributed by atoms with E-state index in [2.05, 4.69) is 44.0 Å². The average molecular weight is 452 g/mol. The molecule has 4 rings (SSSR count). The Hall–Kier alpha value is -3.65. The highest BCUT2D eigenvalue weighted by Crippen LogP contribution is 2.28. The number of rotatable bonds is 6. The number of aryl methyl sites for hydroxylation is 2. The van der Waals surface area contributed by atoms with E-state index < -0.39 is 0 Å². The van der Waals surface area contributed by atoms with Gasteiger partial charge in [0.15, 0.2) is 0 Å². The molecule has 2 aromatic heterocycles. The number of anilines is 2. The molecule has 3 N–H and O–H groups in total. The number of carbonyl (C=O) groups is 1. The van der Waals surface area contributed by atoms with Gasteiger partial charge in [-0.1, -0.05) is 30.3 Å². The maximum atomic E-state index is 12.0. The second kappa shape index (κ2) is 10.1. The highest BCUT2D eigenvalue weighted by Gasteiger charge is 2.10. The number of pyridine rings is 1. The summed E-state index contributed by atoms with van der Waals surface area (Å²) in [6.07, 6.45) is 1.70. The van der Waals surface area contributed by atoms with Crippen molar-refractivity contribution < 1.29 is 4.79 Å². The van der Waals surface area contributed by atoms with Crippen molar-refractivity contribution in [3.05, 3.63) is 71.8 Å². The smallest absolute Gasteiger partial charge is 0.320 e. The third-order valence-corrected chi connectivity index (χ3v) is 4.91. The number of carbonyl (C=O) groups excluding carboxylic acids is 1. The number of amides is 2. The Balaban J connectivity index is 0.00000289. The molecule has 0 radical (unpaired) electrons. The zero-order valence-electron chi connectivity index (χ0n) is 18.2. The van der Waals surface area contributed by atoms with Crippen LogP contribution < -0.4 is 16.0 Å². The van der Waals surface area contributed by atoms with Crippen LogP contribution in [0.3, 0.4) is 0 Å². The van der Waals surface area contributed by atoms with Crippen LogP contribution in [0.15, 0.2) is 54.9 Å². The van der Waals surface area contributed by atoms with Gasteiger partial charge in [0, 0.05) is 18.5 Å². The van der Waals surface area contributed by atoms with Gasteiger partial charge in [-0.25, -0.2) is 19.4 Å². The van der Waals surface area contributed by atoms with Crippen LogP contribution in [-0.4, -0.2) is 32.3 Å². The first-order valence-corrected chi connectivity index (χ1v) is 10.2. The molecule has 0 saturated heterocycles. The van der Waals surface area contributed by atoms with E-state index in [1.807, 2.05) is 56.3 Å². The minimum atomic E-state index is -0.271. The predicted octanol–water partition coefficient (Wildman–Crippen LogP) is 4.61. The number of halogens is 1. The van der Waals surface area contributed by atoms with E-state index in [9.17, 15) is 4.79 Å². The van der Waals surface area contributed by atoms with Gasteiger partial charge in [0.25, 0.3) is 0 Å². The standard InChI is InChI=1S/C23H25N7O.ClH/c1-4-24-23(31)28-20-12-18-7-5-6-15(2)21(18)22(27-20)25-13-17-8-10-19(11-9-17)30-14-26-16(3)29-30;/h5-12,14H,4,13H2,1-3H3,(H3,24,25,27,28,31);1H. The number of fused-ring (bicyclic) bond motifs is 1. The largest absolute Gasteiger partial charge is 0.365 e. The quantitative estimate of drug-likeness (QED) is 0.398. The van der Waals surface area contributed by atoms with Crippen LogP contribution in [-0.2, 0) is 6.54 Å². The second-order valence-electron chi connectivity index (χ2n) is 7.27. The molecule has 0 spiro atoms. The summed E-state index contributed by atoms with van der Waals surface area (Å²) in [5, 5.41) is 15.4. The fourth-order valence-electron chi connectivity index (χ4n) is 3.43. The molecule has 0 aliphatic heterocycles. The summed E-state index contributed by atoms with van der Waals surface area (Å²) in [7, 11) is 0.